The van der Waals surface area contributed by atoms with Crippen LogP contribution >= 0.6 is 0 Å². The minimum absolute atomic E-state index is 0.0436. The van der Waals surface area contributed by atoms with Gasteiger partial charge in [0.15, 0.2) is 6.61 Å². The molecule has 0 spiro atoms. The van der Waals surface area contributed by atoms with Crippen LogP contribution in [0.4, 0.5) is 11.4 Å². The molecule has 8 heteroatoms. The van der Waals surface area contributed by atoms with Crippen molar-refractivity contribution in [1.29, 1.82) is 0 Å². The first kappa shape index (κ1) is 25.9. The van der Waals surface area contributed by atoms with Gasteiger partial charge in [-0.2, -0.15) is 0 Å². The first-order valence-corrected chi connectivity index (χ1v) is 12.2. The molecule has 0 saturated carbocycles. The molecule has 0 aliphatic carbocycles. The summed E-state index contributed by atoms with van der Waals surface area (Å²) < 4.78 is 16.2. The van der Waals surface area contributed by atoms with Gasteiger partial charge in [-0.3, -0.25) is 9.59 Å². The van der Waals surface area contributed by atoms with Crippen molar-refractivity contribution in [3.05, 3.63) is 77.4 Å². The number of nitrogens with one attached hydrogen (secondary N) is 1. The van der Waals surface area contributed by atoms with E-state index in [0.29, 0.717) is 54.7 Å². The van der Waals surface area contributed by atoms with Crippen LogP contribution in [0.5, 0.6) is 17.2 Å². The highest BCUT2D eigenvalue weighted by Crippen LogP contribution is 2.25. The zero-order valence-electron chi connectivity index (χ0n) is 21.7. The summed E-state index contributed by atoms with van der Waals surface area (Å²) >= 11 is 0. The molecule has 0 atom stereocenters. The van der Waals surface area contributed by atoms with E-state index in [4.69, 9.17) is 14.2 Å². The normalized spacial score (nSPS) is 13.2. The second-order valence-electron chi connectivity index (χ2n) is 9.09. The Labute approximate surface area is 217 Å². The van der Waals surface area contributed by atoms with Crippen LogP contribution in [0, 0.1) is 13.8 Å². The van der Waals surface area contributed by atoms with E-state index < -0.39 is 0 Å². The third-order valence-electron chi connectivity index (χ3n) is 6.25. The van der Waals surface area contributed by atoms with Gasteiger partial charge >= 0.3 is 0 Å². The fourth-order valence-electron chi connectivity index (χ4n) is 4.40. The molecule has 1 aliphatic rings. The number of nitrogens with zero attached hydrogens (tertiary/aromatic N) is 2. The maximum atomic E-state index is 13.0. The molecule has 3 aromatic rings. The molecule has 1 aliphatic heterocycles. The number of piperazine rings is 1. The number of aryl methyl sites for hydroxylation is 2. The van der Waals surface area contributed by atoms with Crippen molar-refractivity contribution in [2.45, 2.75) is 13.8 Å². The van der Waals surface area contributed by atoms with Crippen LogP contribution in [0.2, 0.25) is 0 Å². The Hall–Kier alpha value is -4.20. The summed E-state index contributed by atoms with van der Waals surface area (Å²) in [5.74, 6) is 1.60. The molecule has 1 N–H and O–H groups in total. The smallest absolute Gasteiger partial charge is 0.262 e. The molecule has 1 fully saturated rings. The van der Waals surface area contributed by atoms with Gasteiger partial charge in [-0.25, -0.2) is 0 Å². The van der Waals surface area contributed by atoms with Crippen LogP contribution in [0.15, 0.2) is 60.7 Å². The van der Waals surface area contributed by atoms with Crippen molar-refractivity contribution in [3.63, 3.8) is 0 Å². The Morgan fingerprint density at radius 1 is 0.784 bits per heavy atom. The molecular weight excluding hydrogens is 470 g/mol. The topological polar surface area (TPSA) is 80.3 Å². The molecule has 0 radical (unpaired) electrons. The molecule has 3 aromatic carbocycles. The summed E-state index contributed by atoms with van der Waals surface area (Å²) in [7, 11) is 3.14. The minimum Gasteiger partial charge on any atom is -0.497 e. The summed E-state index contributed by atoms with van der Waals surface area (Å²) in [6, 6.07) is 18.8. The van der Waals surface area contributed by atoms with Gasteiger partial charge in [0, 0.05) is 49.2 Å². The lowest BCUT2D eigenvalue weighted by atomic mass is 10.1. The third-order valence-corrected chi connectivity index (χ3v) is 6.25. The van der Waals surface area contributed by atoms with Gasteiger partial charge in [-0.05, 0) is 73.5 Å². The Balaban J connectivity index is 1.28. The monoisotopic (exact) mass is 503 g/mol. The number of carbonyl (C=O) groups excluding carboxylic acids is 2. The zero-order valence-corrected chi connectivity index (χ0v) is 21.7. The van der Waals surface area contributed by atoms with Gasteiger partial charge in [0.2, 0.25) is 0 Å². The summed E-state index contributed by atoms with van der Waals surface area (Å²) in [5.41, 5.74) is 4.48. The minimum atomic E-state index is -0.215. The van der Waals surface area contributed by atoms with Crippen LogP contribution in [0.1, 0.15) is 21.5 Å². The number of carbonyl (C=O) groups is 2. The number of methoxy groups -OCH3 is 2. The largest absolute Gasteiger partial charge is 0.497 e. The summed E-state index contributed by atoms with van der Waals surface area (Å²) in [5, 5.41) is 2.87. The summed E-state index contributed by atoms with van der Waals surface area (Å²) in [4.78, 5) is 29.5. The van der Waals surface area contributed by atoms with Crippen LogP contribution in [-0.2, 0) is 4.79 Å². The lowest BCUT2D eigenvalue weighted by Crippen LogP contribution is -2.48. The Morgan fingerprint density at radius 3 is 1.95 bits per heavy atom. The number of hydrogen-bond donors (Lipinski definition) is 1. The first-order valence-electron chi connectivity index (χ1n) is 12.2. The highest BCUT2D eigenvalue weighted by Gasteiger charge is 2.23. The number of amides is 2. The quantitative estimate of drug-likeness (QED) is 0.494. The molecule has 194 valence electrons. The predicted octanol–water partition coefficient (Wildman–Crippen LogP) is 4.30. The molecule has 0 unspecified atom stereocenters. The van der Waals surface area contributed by atoms with E-state index in [1.54, 1.807) is 32.4 Å². The van der Waals surface area contributed by atoms with E-state index in [1.165, 1.54) is 0 Å². The summed E-state index contributed by atoms with van der Waals surface area (Å²) in [6.45, 7) is 6.57. The zero-order chi connectivity index (χ0) is 26.4. The third kappa shape index (κ3) is 6.73. The van der Waals surface area contributed by atoms with Crippen LogP contribution < -0.4 is 24.4 Å². The average Bonchev–Trinajstić information content (AvgIpc) is 2.91. The predicted molar refractivity (Wildman–Crippen MR) is 144 cm³/mol. The van der Waals surface area contributed by atoms with Crippen molar-refractivity contribution < 1.29 is 23.8 Å². The number of hydrogen-bond acceptors (Lipinski definition) is 6. The first-order chi connectivity index (χ1) is 17.8. The number of ether oxygens (including phenoxy) is 3. The van der Waals surface area contributed by atoms with E-state index >= 15 is 0 Å². The highest BCUT2D eigenvalue weighted by atomic mass is 16.5. The van der Waals surface area contributed by atoms with Crippen molar-refractivity contribution in [2.24, 2.45) is 0 Å². The SMILES string of the molecule is COc1cc(OC)cc(C(=O)N2CCN(c3ccc(NC(=O)COc4cc(C)cc(C)c4)cc3)CC2)c1. The standard InChI is InChI=1S/C29H33N3O5/c1-20-13-21(2)15-27(14-20)37-19-28(33)30-23-5-7-24(8-6-23)31-9-11-32(12-10-31)29(34)22-16-25(35-3)18-26(17-22)36-4/h5-8,13-18H,9-12,19H2,1-4H3,(H,30,33). The van der Waals surface area contributed by atoms with E-state index in [9.17, 15) is 9.59 Å². The lowest BCUT2D eigenvalue weighted by Gasteiger charge is -2.36. The van der Waals surface area contributed by atoms with Gasteiger partial charge in [0.05, 0.1) is 14.2 Å². The van der Waals surface area contributed by atoms with Crippen LogP contribution in [-0.4, -0.2) is 63.7 Å². The van der Waals surface area contributed by atoms with E-state index in [-0.39, 0.29) is 18.4 Å². The second-order valence-corrected chi connectivity index (χ2v) is 9.09. The van der Waals surface area contributed by atoms with E-state index in [1.807, 2.05) is 55.1 Å². The van der Waals surface area contributed by atoms with Gasteiger partial charge < -0.3 is 29.3 Å². The molecule has 0 bridgehead atoms. The molecule has 8 nitrogen and oxygen atoms in total. The maximum Gasteiger partial charge on any atom is 0.262 e. The number of benzene rings is 3. The molecule has 1 saturated heterocycles. The van der Waals surface area contributed by atoms with Crippen molar-refractivity contribution in [2.75, 3.05) is 57.2 Å². The fourth-order valence-corrected chi connectivity index (χ4v) is 4.40. The van der Waals surface area contributed by atoms with E-state index in [0.717, 1.165) is 16.8 Å². The van der Waals surface area contributed by atoms with E-state index in [2.05, 4.69) is 16.3 Å². The molecular formula is C29H33N3O5. The number of anilines is 2. The molecule has 37 heavy (non-hydrogen) atoms. The molecule has 2 amide bonds. The lowest BCUT2D eigenvalue weighted by molar-refractivity contribution is -0.118. The second kappa shape index (κ2) is 11.7. The Bertz CT molecular complexity index is 1210. The highest BCUT2D eigenvalue weighted by molar-refractivity contribution is 5.95. The average molecular weight is 504 g/mol. The Morgan fingerprint density at radius 2 is 1.38 bits per heavy atom. The van der Waals surface area contributed by atoms with Gasteiger partial charge in [0.25, 0.3) is 11.8 Å². The molecule has 0 aromatic heterocycles. The van der Waals surface area contributed by atoms with Crippen LogP contribution in [0.3, 0.4) is 0 Å². The van der Waals surface area contributed by atoms with Crippen molar-refractivity contribution >= 4 is 23.2 Å². The molecule has 1 heterocycles. The van der Waals surface area contributed by atoms with Gasteiger partial charge in [-0.1, -0.05) is 6.07 Å². The maximum absolute atomic E-state index is 13.0. The number of rotatable bonds is 8. The fraction of sp³-hybridized carbons (Fsp3) is 0.310. The Kier molecular flexibility index (Phi) is 8.18. The molecule has 4 rings (SSSR count). The van der Waals surface area contributed by atoms with Crippen molar-refractivity contribution in [3.8, 4) is 17.2 Å². The van der Waals surface area contributed by atoms with Crippen molar-refractivity contribution in [1.82, 2.24) is 4.90 Å². The van der Waals surface area contributed by atoms with Gasteiger partial charge in [-0.15, -0.1) is 0 Å². The summed E-state index contributed by atoms with van der Waals surface area (Å²) in [6.07, 6.45) is 0. The van der Waals surface area contributed by atoms with Gasteiger partial charge in [0.1, 0.15) is 17.2 Å². The van der Waals surface area contributed by atoms with Crippen LogP contribution in [0.25, 0.3) is 0 Å².